The summed E-state index contributed by atoms with van der Waals surface area (Å²) < 4.78 is 7.30. The van der Waals surface area contributed by atoms with Gasteiger partial charge in [0.15, 0.2) is 0 Å². The SMILES string of the molecule is CCC1CC[C@H](n2cc(C)c(N)nc2=O)O1. The van der Waals surface area contributed by atoms with Crippen molar-refractivity contribution in [3.63, 3.8) is 0 Å². The maximum atomic E-state index is 11.7. The zero-order valence-corrected chi connectivity index (χ0v) is 9.64. The van der Waals surface area contributed by atoms with Crippen LogP contribution in [0.5, 0.6) is 0 Å². The first kappa shape index (κ1) is 11.1. The van der Waals surface area contributed by atoms with Crippen LogP contribution in [-0.4, -0.2) is 15.7 Å². The highest BCUT2D eigenvalue weighted by Crippen LogP contribution is 2.28. The smallest absolute Gasteiger partial charge is 0.351 e. The van der Waals surface area contributed by atoms with Crippen LogP contribution in [0.15, 0.2) is 11.0 Å². The Balaban J connectivity index is 2.28. The average molecular weight is 223 g/mol. The fourth-order valence-corrected chi connectivity index (χ4v) is 1.98. The molecule has 0 aliphatic carbocycles. The van der Waals surface area contributed by atoms with Crippen LogP contribution < -0.4 is 11.4 Å². The first-order chi connectivity index (χ1) is 7.61. The molecule has 1 aromatic rings. The fourth-order valence-electron chi connectivity index (χ4n) is 1.98. The van der Waals surface area contributed by atoms with Gasteiger partial charge < -0.3 is 10.5 Å². The number of anilines is 1. The van der Waals surface area contributed by atoms with Gasteiger partial charge in [0, 0.05) is 11.8 Å². The molecule has 1 aliphatic heterocycles. The summed E-state index contributed by atoms with van der Waals surface area (Å²) in [5.74, 6) is 0.297. The van der Waals surface area contributed by atoms with E-state index < -0.39 is 0 Å². The van der Waals surface area contributed by atoms with Gasteiger partial charge in [-0.1, -0.05) is 6.92 Å². The Morgan fingerprint density at radius 2 is 2.38 bits per heavy atom. The second kappa shape index (κ2) is 4.25. The molecule has 1 unspecified atom stereocenters. The van der Waals surface area contributed by atoms with Crippen molar-refractivity contribution in [3.8, 4) is 0 Å². The zero-order valence-electron chi connectivity index (χ0n) is 9.64. The molecule has 16 heavy (non-hydrogen) atoms. The van der Waals surface area contributed by atoms with Crippen molar-refractivity contribution < 1.29 is 4.74 Å². The number of hydrogen-bond acceptors (Lipinski definition) is 4. The topological polar surface area (TPSA) is 70.1 Å². The Kier molecular flexibility index (Phi) is 2.96. The highest BCUT2D eigenvalue weighted by Gasteiger charge is 2.26. The number of nitrogens with zero attached hydrogens (tertiary/aromatic N) is 2. The van der Waals surface area contributed by atoms with Crippen molar-refractivity contribution in [2.75, 3.05) is 5.73 Å². The number of ether oxygens (including phenoxy) is 1. The Hall–Kier alpha value is -1.36. The maximum absolute atomic E-state index is 11.7. The first-order valence-corrected chi connectivity index (χ1v) is 5.62. The van der Waals surface area contributed by atoms with Gasteiger partial charge in [0.2, 0.25) is 0 Å². The van der Waals surface area contributed by atoms with Crippen LogP contribution in [0.3, 0.4) is 0 Å². The minimum absolute atomic E-state index is 0.177. The molecule has 0 bridgehead atoms. The van der Waals surface area contributed by atoms with Gasteiger partial charge >= 0.3 is 5.69 Å². The van der Waals surface area contributed by atoms with E-state index in [4.69, 9.17) is 10.5 Å². The molecule has 1 aromatic heterocycles. The minimum Gasteiger partial charge on any atom is -0.383 e. The standard InChI is InChI=1S/C11H17N3O2/c1-3-8-4-5-9(16-8)14-6-7(2)10(12)13-11(14)15/h6,8-9H,3-5H2,1-2H3,(H2,12,13,15)/t8?,9-/m1/s1. The van der Waals surface area contributed by atoms with Gasteiger partial charge in [-0.25, -0.2) is 4.79 Å². The summed E-state index contributed by atoms with van der Waals surface area (Å²) in [6, 6.07) is 0. The van der Waals surface area contributed by atoms with Crippen LogP contribution in [0, 0.1) is 6.92 Å². The maximum Gasteiger partial charge on any atom is 0.351 e. The van der Waals surface area contributed by atoms with Crippen molar-refractivity contribution >= 4 is 5.82 Å². The second-order valence-electron chi connectivity index (χ2n) is 4.20. The average Bonchev–Trinajstić information content (AvgIpc) is 2.71. The van der Waals surface area contributed by atoms with Crippen molar-refractivity contribution in [2.45, 2.75) is 45.4 Å². The third-order valence-electron chi connectivity index (χ3n) is 3.02. The van der Waals surface area contributed by atoms with Gasteiger partial charge in [-0.2, -0.15) is 4.98 Å². The van der Waals surface area contributed by atoms with E-state index in [2.05, 4.69) is 11.9 Å². The fraction of sp³-hybridized carbons (Fsp3) is 0.636. The van der Waals surface area contributed by atoms with Crippen LogP contribution in [-0.2, 0) is 4.74 Å². The van der Waals surface area contributed by atoms with E-state index in [1.54, 1.807) is 10.8 Å². The molecule has 0 radical (unpaired) electrons. The molecular weight excluding hydrogens is 206 g/mol. The van der Waals surface area contributed by atoms with Crippen LogP contribution in [0.25, 0.3) is 0 Å². The number of nitrogen functional groups attached to an aromatic ring is 1. The lowest BCUT2D eigenvalue weighted by Crippen LogP contribution is -2.28. The Morgan fingerprint density at radius 3 is 3.00 bits per heavy atom. The van der Waals surface area contributed by atoms with E-state index in [-0.39, 0.29) is 18.0 Å². The molecule has 0 aromatic carbocycles. The van der Waals surface area contributed by atoms with Crippen LogP contribution >= 0.6 is 0 Å². The van der Waals surface area contributed by atoms with Gasteiger partial charge in [0.05, 0.1) is 6.10 Å². The predicted molar refractivity (Wildman–Crippen MR) is 61.1 cm³/mol. The summed E-state index contributed by atoms with van der Waals surface area (Å²) in [5.41, 5.74) is 6.06. The van der Waals surface area contributed by atoms with Gasteiger partial charge in [-0.3, -0.25) is 4.57 Å². The molecule has 0 spiro atoms. The van der Waals surface area contributed by atoms with Gasteiger partial charge in [-0.15, -0.1) is 0 Å². The summed E-state index contributed by atoms with van der Waals surface area (Å²) in [6.45, 7) is 3.92. The van der Waals surface area contributed by atoms with Crippen molar-refractivity contribution in [2.24, 2.45) is 0 Å². The summed E-state index contributed by atoms with van der Waals surface area (Å²) in [7, 11) is 0. The summed E-state index contributed by atoms with van der Waals surface area (Å²) in [5, 5.41) is 0. The molecule has 5 heteroatoms. The van der Waals surface area contributed by atoms with E-state index in [9.17, 15) is 4.79 Å². The number of aryl methyl sites for hydroxylation is 1. The first-order valence-electron chi connectivity index (χ1n) is 5.62. The largest absolute Gasteiger partial charge is 0.383 e. The molecule has 2 N–H and O–H groups in total. The molecule has 2 atom stereocenters. The Bertz CT molecular complexity index is 441. The molecule has 1 aliphatic rings. The van der Waals surface area contributed by atoms with Gasteiger partial charge in [0.25, 0.3) is 0 Å². The third-order valence-corrected chi connectivity index (χ3v) is 3.02. The molecule has 0 amide bonds. The molecule has 1 saturated heterocycles. The normalized spacial score (nSPS) is 24.9. The van der Waals surface area contributed by atoms with Gasteiger partial charge in [0.1, 0.15) is 12.0 Å². The zero-order chi connectivity index (χ0) is 11.7. The van der Waals surface area contributed by atoms with Crippen molar-refractivity contribution in [3.05, 3.63) is 22.2 Å². The van der Waals surface area contributed by atoms with E-state index in [0.717, 1.165) is 24.8 Å². The molecule has 0 saturated carbocycles. The quantitative estimate of drug-likeness (QED) is 0.818. The minimum atomic E-state index is -0.329. The number of hydrogen-bond donors (Lipinski definition) is 1. The molecule has 88 valence electrons. The highest BCUT2D eigenvalue weighted by atomic mass is 16.5. The van der Waals surface area contributed by atoms with Crippen molar-refractivity contribution in [1.29, 1.82) is 0 Å². The van der Waals surface area contributed by atoms with E-state index in [1.165, 1.54) is 0 Å². The predicted octanol–water partition coefficient (Wildman–Crippen LogP) is 1.22. The Labute approximate surface area is 94.2 Å². The monoisotopic (exact) mass is 223 g/mol. The molecule has 2 heterocycles. The van der Waals surface area contributed by atoms with Crippen molar-refractivity contribution in [1.82, 2.24) is 9.55 Å². The third kappa shape index (κ3) is 1.95. The number of rotatable bonds is 2. The van der Waals surface area contributed by atoms with E-state index in [1.807, 2.05) is 6.92 Å². The summed E-state index contributed by atoms with van der Waals surface area (Å²) in [6.07, 6.45) is 4.65. The lowest BCUT2D eigenvalue weighted by atomic mass is 10.2. The lowest BCUT2D eigenvalue weighted by molar-refractivity contribution is -0.00198. The number of nitrogens with two attached hydrogens (primary N) is 1. The van der Waals surface area contributed by atoms with Crippen LogP contribution in [0.1, 0.15) is 38.0 Å². The highest BCUT2D eigenvalue weighted by molar-refractivity contribution is 5.35. The van der Waals surface area contributed by atoms with Gasteiger partial charge in [-0.05, 0) is 26.2 Å². The number of aromatic nitrogens is 2. The Morgan fingerprint density at radius 1 is 1.62 bits per heavy atom. The summed E-state index contributed by atoms with van der Waals surface area (Å²) in [4.78, 5) is 15.4. The molecular formula is C11H17N3O2. The van der Waals surface area contributed by atoms with Crippen LogP contribution in [0.2, 0.25) is 0 Å². The molecule has 1 fully saturated rings. The summed E-state index contributed by atoms with van der Waals surface area (Å²) >= 11 is 0. The molecule has 2 rings (SSSR count). The lowest BCUT2D eigenvalue weighted by Gasteiger charge is -2.15. The van der Waals surface area contributed by atoms with Crippen LogP contribution in [0.4, 0.5) is 5.82 Å². The van der Waals surface area contributed by atoms with E-state index in [0.29, 0.717) is 5.82 Å². The second-order valence-corrected chi connectivity index (χ2v) is 4.20. The van der Waals surface area contributed by atoms with E-state index >= 15 is 0 Å². The molecule has 5 nitrogen and oxygen atoms in total.